The highest BCUT2D eigenvalue weighted by Gasteiger charge is 2.41. The fourth-order valence-corrected chi connectivity index (χ4v) is 3.38. The summed E-state index contributed by atoms with van der Waals surface area (Å²) in [6.07, 6.45) is -4.26. The number of methoxy groups -OCH3 is 2. The van der Waals surface area contributed by atoms with Crippen molar-refractivity contribution in [2.75, 3.05) is 26.1 Å². The van der Waals surface area contributed by atoms with E-state index in [0.717, 1.165) is 0 Å². The van der Waals surface area contributed by atoms with E-state index in [1.165, 1.54) is 62.8 Å². The number of benzene rings is 3. The zero-order chi connectivity index (χ0) is 28.4. The summed E-state index contributed by atoms with van der Waals surface area (Å²) in [5.74, 6) is -3.66. The molecule has 3 rings (SSSR count). The second-order valence-corrected chi connectivity index (χ2v) is 7.90. The van der Waals surface area contributed by atoms with Crippen LogP contribution in [0.2, 0.25) is 0 Å². The number of esters is 2. The number of hydrogen-bond acceptors (Lipinski definition) is 9. The molecule has 11 nitrogen and oxygen atoms in total. The van der Waals surface area contributed by atoms with Gasteiger partial charge in [-0.05, 0) is 67.6 Å². The molecule has 0 aliphatic rings. The van der Waals surface area contributed by atoms with Crippen molar-refractivity contribution < 1.29 is 48.0 Å². The van der Waals surface area contributed by atoms with Gasteiger partial charge < -0.3 is 34.1 Å². The van der Waals surface area contributed by atoms with Gasteiger partial charge in [-0.2, -0.15) is 0 Å². The molecule has 2 atom stereocenters. The van der Waals surface area contributed by atoms with Crippen LogP contribution in [-0.4, -0.2) is 62.0 Å². The smallest absolute Gasteiger partial charge is 0.349 e. The molecule has 0 saturated heterocycles. The van der Waals surface area contributed by atoms with E-state index in [4.69, 9.17) is 23.7 Å². The molecule has 0 aromatic heterocycles. The van der Waals surface area contributed by atoms with Gasteiger partial charge in [0, 0.05) is 5.69 Å². The molecule has 0 spiro atoms. The molecular formula is C28H27NO10. The lowest BCUT2D eigenvalue weighted by Gasteiger charge is -2.23. The van der Waals surface area contributed by atoms with E-state index in [1.54, 1.807) is 24.3 Å². The summed E-state index contributed by atoms with van der Waals surface area (Å²) in [5, 5.41) is 12.4. The molecule has 3 aromatic carbocycles. The molecule has 0 aliphatic carbocycles. The van der Waals surface area contributed by atoms with E-state index in [1.807, 2.05) is 6.92 Å². The number of carboxylic acid groups (broad SMARTS) is 1. The number of ether oxygens (including phenoxy) is 5. The second-order valence-electron chi connectivity index (χ2n) is 7.90. The van der Waals surface area contributed by atoms with Gasteiger partial charge in [-0.25, -0.2) is 14.4 Å². The lowest BCUT2D eigenvalue weighted by Crippen LogP contribution is -2.48. The largest absolute Gasteiger partial charge is 0.497 e. The van der Waals surface area contributed by atoms with Crippen molar-refractivity contribution in [1.29, 1.82) is 0 Å². The number of anilines is 1. The highest BCUT2D eigenvalue weighted by Crippen LogP contribution is 2.21. The fraction of sp³-hybridized carbons (Fsp3) is 0.214. The minimum atomic E-state index is -2.19. The molecule has 0 radical (unpaired) electrons. The Kier molecular flexibility index (Phi) is 9.85. The summed E-state index contributed by atoms with van der Waals surface area (Å²) in [4.78, 5) is 51.2. The number of nitrogens with one attached hydrogen (secondary N) is 1. The average molecular weight is 538 g/mol. The Bertz CT molecular complexity index is 1320. The third-order valence-electron chi connectivity index (χ3n) is 5.29. The lowest BCUT2D eigenvalue weighted by molar-refractivity contribution is -0.157. The first-order chi connectivity index (χ1) is 18.7. The van der Waals surface area contributed by atoms with Crippen molar-refractivity contribution in [3.05, 3.63) is 83.9 Å². The Morgan fingerprint density at radius 1 is 0.744 bits per heavy atom. The first kappa shape index (κ1) is 28.5. The van der Waals surface area contributed by atoms with E-state index in [0.29, 0.717) is 23.9 Å². The Balaban J connectivity index is 1.91. The fourth-order valence-electron chi connectivity index (χ4n) is 3.38. The number of rotatable bonds is 12. The average Bonchev–Trinajstić information content (AvgIpc) is 2.95. The van der Waals surface area contributed by atoms with Crippen LogP contribution in [-0.2, 0) is 19.1 Å². The molecule has 3 aromatic rings. The van der Waals surface area contributed by atoms with Gasteiger partial charge in [0.2, 0.25) is 12.2 Å². The van der Waals surface area contributed by atoms with Crippen LogP contribution in [0.4, 0.5) is 5.69 Å². The molecule has 0 fully saturated rings. The summed E-state index contributed by atoms with van der Waals surface area (Å²) in [6, 6.07) is 17.8. The SMILES string of the molecule is CCOc1ccc(NC(=O)[C@@H](OC(=O)c2cccc(OC)c2)[C@H](OC(=O)c2cccc(OC)c2)C(=O)O)cc1. The van der Waals surface area contributed by atoms with Crippen LogP contribution in [0.15, 0.2) is 72.8 Å². The zero-order valence-corrected chi connectivity index (χ0v) is 21.4. The molecule has 0 saturated carbocycles. The highest BCUT2D eigenvalue weighted by molar-refractivity contribution is 6.01. The molecule has 0 aliphatic heterocycles. The number of carboxylic acids is 1. The van der Waals surface area contributed by atoms with E-state index in [2.05, 4.69) is 5.32 Å². The molecule has 11 heteroatoms. The van der Waals surface area contributed by atoms with Crippen molar-refractivity contribution in [2.24, 2.45) is 0 Å². The van der Waals surface area contributed by atoms with Crippen LogP contribution in [0.25, 0.3) is 0 Å². The molecular weight excluding hydrogens is 510 g/mol. The van der Waals surface area contributed by atoms with Crippen molar-refractivity contribution in [2.45, 2.75) is 19.1 Å². The zero-order valence-electron chi connectivity index (χ0n) is 21.4. The minimum Gasteiger partial charge on any atom is -0.497 e. The number of carbonyl (C=O) groups excluding carboxylic acids is 3. The van der Waals surface area contributed by atoms with Crippen molar-refractivity contribution in [3.63, 3.8) is 0 Å². The third kappa shape index (κ3) is 7.71. The summed E-state index contributed by atoms with van der Waals surface area (Å²) in [7, 11) is 2.79. The van der Waals surface area contributed by atoms with Gasteiger partial charge in [0.1, 0.15) is 17.2 Å². The van der Waals surface area contributed by atoms with Gasteiger partial charge in [0.05, 0.1) is 32.0 Å². The number of aliphatic carboxylic acids is 1. The predicted molar refractivity (Wildman–Crippen MR) is 138 cm³/mol. The molecule has 0 unspecified atom stereocenters. The predicted octanol–water partition coefficient (Wildman–Crippen LogP) is 3.58. The van der Waals surface area contributed by atoms with Gasteiger partial charge in [-0.15, -0.1) is 0 Å². The third-order valence-corrected chi connectivity index (χ3v) is 5.29. The summed E-state index contributed by atoms with van der Waals surface area (Å²) >= 11 is 0. The maximum Gasteiger partial charge on any atom is 0.349 e. The number of carbonyl (C=O) groups is 4. The van der Waals surface area contributed by atoms with E-state index >= 15 is 0 Å². The number of hydrogen-bond donors (Lipinski definition) is 2. The lowest BCUT2D eigenvalue weighted by atomic mass is 10.1. The van der Waals surface area contributed by atoms with Crippen molar-refractivity contribution in [3.8, 4) is 17.2 Å². The minimum absolute atomic E-state index is 0.0171. The van der Waals surface area contributed by atoms with Gasteiger partial charge >= 0.3 is 17.9 Å². The normalized spacial score (nSPS) is 11.9. The molecule has 204 valence electrons. The van der Waals surface area contributed by atoms with Crippen LogP contribution >= 0.6 is 0 Å². The maximum atomic E-state index is 13.3. The molecule has 0 heterocycles. The Hall–Kier alpha value is -5.06. The van der Waals surface area contributed by atoms with E-state index < -0.39 is 36.0 Å². The van der Waals surface area contributed by atoms with Gasteiger partial charge in [0.25, 0.3) is 5.91 Å². The Morgan fingerprint density at radius 2 is 1.26 bits per heavy atom. The van der Waals surface area contributed by atoms with Gasteiger partial charge in [0.15, 0.2) is 0 Å². The second kappa shape index (κ2) is 13.5. The summed E-state index contributed by atoms with van der Waals surface area (Å²) in [5.41, 5.74) is 0.205. The molecule has 0 bridgehead atoms. The topological polar surface area (TPSA) is 147 Å². The van der Waals surface area contributed by atoms with Crippen LogP contribution in [0.5, 0.6) is 17.2 Å². The van der Waals surface area contributed by atoms with Crippen LogP contribution in [0.1, 0.15) is 27.6 Å². The summed E-state index contributed by atoms with van der Waals surface area (Å²) < 4.78 is 26.0. The first-order valence-electron chi connectivity index (χ1n) is 11.7. The van der Waals surface area contributed by atoms with Gasteiger partial charge in [-0.1, -0.05) is 12.1 Å². The molecule has 1 amide bonds. The highest BCUT2D eigenvalue weighted by atomic mass is 16.6. The summed E-state index contributed by atoms with van der Waals surface area (Å²) in [6.45, 7) is 2.25. The monoisotopic (exact) mass is 537 g/mol. The molecule has 39 heavy (non-hydrogen) atoms. The van der Waals surface area contributed by atoms with Crippen molar-refractivity contribution in [1.82, 2.24) is 0 Å². The molecule has 2 N–H and O–H groups in total. The number of amides is 1. The van der Waals surface area contributed by atoms with Crippen molar-refractivity contribution >= 4 is 29.5 Å². The van der Waals surface area contributed by atoms with Crippen LogP contribution < -0.4 is 19.5 Å². The van der Waals surface area contributed by atoms with Crippen LogP contribution in [0.3, 0.4) is 0 Å². The first-order valence-corrected chi connectivity index (χ1v) is 11.7. The van der Waals surface area contributed by atoms with Crippen LogP contribution in [0, 0.1) is 0 Å². The maximum absolute atomic E-state index is 13.3. The quantitative estimate of drug-likeness (QED) is 0.329. The Morgan fingerprint density at radius 3 is 1.72 bits per heavy atom. The van der Waals surface area contributed by atoms with E-state index in [-0.39, 0.29) is 16.8 Å². The van der Waals surface area contributed by atoms with Gasteiger partial charge in [-0.3, -0.25) is 4.79 Å². The Labute approximate surface area is 224 Å². The van der Waals surface area contributed by atoms with E-state index in [9.17, 15) is 24.3 Å². The standard InChI is InChI=1S/C28H27NO10/c1-4-37-20-13-11-19(12-14-20)29-25(30)23(38-27(33)17-7-5-9-21(15-17)35-2)24(26(31)32)39-28(34)18-8-6-10-22(16-18)36-3/h5-16,23-24H,4H2,1-3H3,(H,29,30)(H,31,32)/t23-,24-/m0/s1.